The lowest BCUT2D eigenvalue weighted by molar-refractivity contribution is 0.0749. The highest BCUT2D eigenvalue weighted by atomic mass is 32.2. The normalized spacial score (nSPS) is 18.4. The first kappa shape index (κ1) is 13.3. The van der Waals surface area contributed by atoms with E-state index < -0.39 is 0 Å². The SMILES string of the molecule is CCc1ccc(C(=O)N2CCSC2c2ccco2)cc1. The maximum absolute atomic E-state index is 12.6. The summed E-state index contributed by atoms with van der Waals surface area (Å²) in [5.41, 5.74) is 2.00. The van der Waals surface area contributed by atoms with Crippen molar-refractivity contribution >= 4 is 17.7 Å². The second kappa shape index (κ2) is 5.75. The van der Waals surface area contributed by atoms with Gasteiger partial charge in [-0.3, -0.25) is 4.79 Å². The third-order valence-electron chi connectivity index (χ3n) is 3.55. The van der Waals surface area contributed by atoms with Crippen molar-refractivity contribution in [3.63, 3.8) is 0 Å². The van der Waals surface area contributed by atoms with Crippen molar-refractivity contribution in [1.29, 1.82) is 0 Å². The average molecular weight is 287 g/mol. The highest BCUT2D eigenvalue weighted by Crippen LogP contribution is 2.38. The number of aryl methyl sites for hydroxylation is 1. The molecule has 1 unspecified atom stereocenters. The van der Waals surface area contributed by atoms with Crippen LogP contribution in [-0.4, -0.2) is 23.1 Å². The molecule has 1 fully saturated rings. The minimum absolute atomic E-state index is 0.00310. The van der Waals surface area contributed by atoms with Crippen LogP contribution < -0.4 is 0 Å². The number of nitrogens with zero attached hydrogens (tertiary/aromatic N) is 1. The fraction of sp³-hybridized carbons (Fsp3) is 0.312. The Morgan fingerprint density at radius 3 is 2.80 bits per heavy atom. The summed E-state index contributed by atoms with van der Waals surface area (Å²) in [5, 5.41) is 0.00310. The van der Waals surface area contributed by atoms with Crippen LogP contribution in [0.3, 0.4) is 0 Å². The van der Waals surface area contributed by atoms with Crippen LogP contribution >= 0.6 is 11.8 Å². The fourth-order valence-electron chi connectivity index (χ4n) is 2.39. The standard InChI is InChI=1S/C16H17NO2S/c1-2-12-5-7-13(8-6-12)15(18)17-9-11-20-16(17)14-4-3-10-19-14/h3-8,10,16H,2,9,11H2,1H3. The first-order chi connectivity index (χ1) is 9.79. The second-order valence-corrected chi connectivity index (χ2v) is 5.98. The molecule has 0 bridgehead atoms. The van der Waals surface area contributed by atoms with E-state index in [4.69, 9.17) is 4.42 Å². The molecular formula is C16H17NO2S. The van der Waals surface area contributed by atoms with E-state index in [1.165, 1.54) is 5.56 Å². The van der Waals surface area contributed by atoms with Crippen LogP contribution in [-0.2, 0) is 6.42 Å². The number of benzene rings is 1. The van der Waals surface area contributed by atoms with Gasteiger partial charge < -0.3 is 9.32 Å². The number of amides is 1. The second-order valence-electron chi connectivity index (χ2n) is 4.79. The Morgan fingerprint density at radius 2 is 2.15 bits per heavy atom. The highest BCUT2D eigenvalue weighted by molar-refractivity contribution is 7.99. The van der Waals surface area contributed by atoms with Crippen LogP contribution in [0.15, 0.2) is 47.1 Å². The molecule has 1 aliphatic rings. The van der Waals surface area contributed by atoms with Crippen molar-refractivity contribution in [1.82, 2.24) is 4.90 Å². The summed E-state index contributed by atoms with van der Waals surface area (Å²) < 4.78 is 5.46. The smallest absolute Gasteiger partial charge is 0.255 e. The predicted octanol–water partition coefficient (Wildman–Crippen LogP) is 3.73. The van der Waals surface area contributed by atoms with Gasteiger partial charge in [0.25, 0.3) is 5.91 Å². The molecule has 1 amide bonds. The Bertz CT molecular complexity index is 577. The third kappa shape index (κ3) is 2.48. The summed E-state index contributed by atoms with van der Waals surface area (Å²) in [7, 11) is 0. The Morgan fingerprint density at radius 1 is 1.35 bits per heavy atom. The van der Waals surface area contributed by atoms with Crippen molar-refractivity contribution in [2.45, 2.75) is 18.7 Å². The van der Waals surface area contributed by atoms with Gasteiger partial charge in [0.15, 0.2) is 0 Å². The lowest BCUT2D eigenvalue weighted by Crippen LogP contribution is -2.30. The van der Waals surface area contributed by atoms with Gasteiger partial charge in [-0.25, -0.2) is 0 Å². The van der Waals surface area contributed by atoms with Crippen molar-refractivity contribution in [3.05, 3.63) is 59.5 Å². The molecule has 2 heterocycles. The number of carbonyl (C=O) groups excluding carboxylic acids is 1. The molecule has 3 nitrogen and oxygen atoms in total. The first-order valence-corrected chi connectivity index (χ1v) is 7.89. The van der Waals surface area contributed by atoms with Crippen molar-refractivity contribution < 1.29 is 9.21 Å². The van der Waals surface area contributed by atoms with Crippen LogP contribution in [0, 0.1) is 0 Å². The average Bonchev–Trinajstić information content (AvgIpc) is 3.16. The number of carbonyl (C=O) groups is 1. The number of hydrogen-bond acceptors (Lipinski definition) is 3. The van der Waals surface area contributed by atoms with Gasteiger partial charge in [0, 0.05) is 17.9 Å². The minimum Gasteiger partial charge on any atom is -0.466 e. The van der Waals surface area contributed by atoms with Crippen LogP contribution in [0.1, 0.15) is 34.0 Å². The summed E-state index contributed by atoms with van der Waals surface area (Å²) in [4.78, 5) is 14.5. The minimum atomic E-state index is 0.00310. The molecule has 104 valence electrons. The third-order valence-corrected chi connectivity index (χ3v) is 4.77. The molecule has 0 N–H and O–H groups in total. The van der Waals surface area contributed by atoms with Crippen molar-refractivity contribution in [2.75, 3.05) is 12.3 Å². The van der Waals surface area contributed by atoms with Crippen molar-refractivity contribution in [2.24, 2.45) is 0 Å². The first-order valence-electron chi connectivity index (χ1n) is 6.84. The van der Waals surface area contributed by atoms with Crippen LogP contribution in [0.25, 0.3) is 0 Å². The molecule has 3 rings (SSSR count). The van der Waals surface area contributed by atoms with Gasteiger partial charge in [0.05, 0.1) is 6.26 Å². The Kier molecular flexibility index (Phi) is 3.83. The Balaban J connectivity index is 1.81. The van der Waals surface area contributed by atoms with Gasteiger partial charge in [-0.05, 0) is 36.2 Å². The molecule has 0 spiro atoms. The molecule has 0 saturated carbocycles. The van der Waals surface area contributed by atoms with Crippen LogP contribution in [0.2, 0.25) is 0 Å². The molecule has 2 aromatic rings. The van der Waals surface area contributed by atoms with E-state index in [1.54, 1.807) is 18.0 Å². The summed E-state index contributed by atoms with van der Waals surface area (Å²) in [6.07, 6.45) is 2.65. The topological polar surface area (TPSA) is 33.5 Å². The number of rotatable bonds is 3. The monoisotopic (exact) mass is 287 g/mol. The molecule has 1 aliphatic heterocycles. The van der Waals surface area contributed by atoms with E-state index in [-0.39, 0.29) is 11.3 Å². The molecule has 0 aliphatic carbocycles. The Labute approximate surface area is 123 Å². The fourth-order valence-corrected chi connectivity index (χ4v) is 3.60. The van der Waals surface area contributed by atoms with E-state index in [9.17, 15) is 4.79 Å². The predicted molar refractivity (Wildman–Crippen MR) is 80.8 cm³/mol. The lowest BCUT2D eigenvalue weighted by Gasteiger charge is -2.22. The number of thioether (sulfide) groups is 1. The summed E-state index contributed by atoms with van der Waals surface area (Å²) in [6.45, 7) is 2.88. The molecule has 0 radical (unpaired) electrons. The number of hydrogen-bond donors (Lipinski definition) is 0. The van der Waals surface area contributed by atoms with Gasteiger partial charge in [0.2, 0.25) is 0 Å². The van der Waals surface area contributed by atoms with Gasteiger partial charge in [-0.2, -0.15) is 0 Å². The molecule has 1 atom stereocenters. The van der Waals surface area contributed by atoms with Crippen LogP contribution in [0.5, 0.6) is 0 Å². The molecule has 20 heavy (non-hydrogen) atoms. The van der Waals surface area contributed by atoms with E-state index in [2.05, 4.69) is 6.92 Å². The zero-order valence-corrected chi connectivity index (χ0v) is 12.2. The summed E-state index contributed by atoms with van der Waals surface area (Å²) in [6, 6.07) is 11.7. The van der Waals surface area contributed by atoms with Gasteiger partial charge in [-0.15, -0.1) is 11.8 Å². The molecule has 1 aromatic heterocycles. The van der Waals surface area contributed by atoms with Crippen molar-refractivity contribution in [3.8, 4) is 0 Å². The molecule has 1 saturated heterocycles. The lowest BCUT2D eigenvalue weighted by atomic mass is 10.1. The van der Waals surface area contributed by atoms with E-state index in [1.807, 2.05) is 41.3 Å². The largest absolute Gasteiger partial charge is 0.466 e. The molecular weight excluding hydrogens is 270 g/mol. The van der Waals surface area contributed by atoms with Crippen LogP contribution in [0.4, 0.5) is 0 Å². The summed E-state index contributed by atoms with van der Waals surface area (Å²) >= 11 is 1.75. The zero-order valence-electron chi connectivity index (χ0n) is 11.4. The number of furan rings is 1. The maximum Gasteiger partial charge on any atom is 0.255 e. The van der Waals surface area contributed by atoms with Gasteiger partial charge >= 0.3 is 0 Å². The van der Waals surface area contributed by atoms with Gasteiger partial charge in [-0.1, -0.05) is 19.1 Å². The van der Waals surface area contributed by atoms with Gasteiger partial charge in [0.1, 0.15) is 11.1 Å². The quantitative estimate of drug-likeness (QED) is 0.862. The molecule has 1 aromatic carbocycles. The zero-order chi connectivity index (χ0) is 13.9. The van der Waals surface area contributed by atoms with E-state index in [0.29, 0.717) is 0 Å². The van der Waals surface area contributed by atoms with E-state index in [0.717, 1.165) is 30.0 Å². The highest BCUT2D eigenvalue weighted by Gasteiger charge is 2.32. The van der Waals surface area contributed by atoms with E-state index >= 15 is 0 Å². The summed E-state index contributed by atoms with van der Waals surface area (Å²) in [5.74, 6) is 1.88. The maximum atomic E-state index is 12.6. The Hall–Kier alpha value is -1.68. The molecule has 4 heteroatoms.